The van der Waals surface area contributed by atoms with Gasteiger partial charge in [0.2, 0.25) is 0 Å². The molecule has 3 nitrogen and oxygen atoms in total. The fraction of sp³-hybridized carbons (Fsp3) is 0.917. The van der Waals surface area contributed by atoms with Gasteiger partial charge in [-0.05, 0) is 30.6 Å². The van der Waals surface area contributed by atoms with Crippen molar-refractivity contribution in [3.05, 3.63) is 0 Å². The van der Waals surface area contributed by atoms with Gasteiger partial charge in [-0.1, -0.05) is 26.7 Å². The van der Waals surface area contributed by atoms with E-state index in [4.69, 9.17) is 10.8 Å². The van der Waals surface area contributed by atoms with Crippen molar-refractivity contribution < 1.29 is 9.90 Å². The highest BCUT2D eigenvalue weighted by Crippen LogP contribution is 2.44. The van der Waals surface area contributed by atoms with Crippen molar-refractivity contribution in [2.45, 2.75) is 58.4 Å². The Labute approximate surface area is 92.0 Å². The first kappa shape index (κ1) is 12.5. The molecule has 0 aromatic carbocycles. The molecule has 1 fully saturated rings. The topological polar surface area (TPSA) is 63.3 Å². The van der Waals surface area contributed by atoms with Crippen molar-refractivity contribution in [1.82, 2.24) is 0 Å². The molecule has 0 bridgehead atoms. The van der Waals surface area contributed by atoms with Gasteiger partial charge in [0.15, 0.2) is 0 Å². The summed E-state index contributed by atoms with van der Waals surface area (Å²) in [5.41, 5.74) is 5.98. The van der Waals surface area contributed by atoms with Gasteiger partial charge in [0.05, 0.1) is 6.42 Å². The third kappa shape index (κ3) is 2.94. The average Bonchev–Trinajstić information content (AvgIpc) is 2.20. The second-order valence-electron chi connectivity index (χ2n) is 5.13. The van der Waals surface area contributed by atoms with Gasteiger partial charge in [-0.25, -0.2) is 0 Å². The Morgan fingerprint density at radius 1 is 1.53 bits per heavy atom. The van der Waals surface area contributed by atoms with Crippen LogP contribution in [-0.4, -0.2) is 17.1 Å². The SMILES string of the molecule is CCC(N)C1(CC(=O)O)CCC(C)CC1. The van der Waals surface area contributed by atoms with Crippen molar-refractivity contribution in [3.8, 4) is 0 Å². The lowest BCUT2D eigenvalue weighted by Crippen LogP contribution is -2.45. The van der Waals surface area contributed by atoms with E-state index < -0.39 is 5.97 Å². The molecule has 1 saturated carbocycles. The molecule has 0 aromatic rings. The molecule has 0 saturated heterocycles. The lowest BCUT2D eigenvalue weighted by atomic mass is 9.64. The second-order valence-corrected chi connectivity index (χ2v) is 5.13. The van der Waals surface area contributed by atoms with Crippen molar-refractivity contribution in [1.29, 1.82) is 0 Å². The molecule has 1 aliphatic rings. The predicted molar refractivity (Wildman–Crippen MR) is 60.6 cm³/mol. The zero-order valence-corrected chi connectivity index (χ0v) is 9.83. The molecule has 0 aromatic heterocycles. The molecule has 15 heavy (non-hydrogen) atoms. The maximum Gasteiger partial charge on any atom is 0.303 e. The monoisotopic (exact) mass is 213 g/mol. The molecule has 88 valence electrons. The van der Waals surface area contributed by atoms with Crippen molar-refractivity contribution in [2.24, 2.45) is 17.1 Å². The summed E-state index contributed by atoms with van der Waals surface area (Å²) in [5, 5.41) is 8.99. The third-order valence-corrected chi connectivity index (χ3v) is 4.00. The van der Waals surface area contributed by atoms with Gasteiger partial charge in [-0.15, -0.1) is 0 Å². The van der Waals surface area contributed by atoms with E-state index in [9.17, 15) is 4.79 Å². The first-order valence-electron chi connectivity index (χ1n) is 5.97. The number of hydrogen-bond acceptors (Lipinski definition) is 2. The summed E-state index contributed by atoms with van der Waals surface area (Å²) in [6.45, 7) is 4.29. The molecule has 3 heteroatoms. The Bertz CT molecular complexity index is 220. The molecule has 0 aliphatic heterocycles. The highest BCUT2D eigenvalue weighted by atomic mass is 16.4. The van der Waals surface area contributed by atoms with E-state index in [1.165, 1.54) is 0 Å². The van der Waals surface area contributed by atoms with Crippen molar-refractivity contribution in [3.63, 3.8) is 0 Å². The second kappa shape index (κ2) is 4.97. The predicted octanol–water partition coefficient (Wildman–Crippen LogP) is 2.39. The molecule has 1 aliphatic carbocycles. The van der Waals surface area contributed by atoms with Crippen LogP contribution in [0.25, 0.3) is 0 Å². The lowest BCUT2D eigenvalue weighted by Gasteiger charge is -2.42. The highest BCUT2D eigenvalue weighted by Gasteiger charge is 2.40. The normalized spacial score (nSPS) is 33.7. The number of carboxylic acids is 1. The lowest BCUT2D eigenvalue weighted by molar-refractivity contribution is -0.141. The summed E-state index contributed by atoms with van der Waals surface area (Å²) in [7, 11) is 0. The minimum Gasteiger partial charge on any atom is -0.481 e. The zero-order chi connectivity index (χ0) is 11.5. The molecule has 1 rings (SSSR count). The molecule has 0 spiro atoms. The number of rotatable bonds is 4. The summed E-state index contributed by atoms with van der Waals surface area (Å²) in [4.78, 5) is 10.9. The van der Waals surface area contributed by atoms with E-state index in [2.05, 4.69) is 6.92 Å². The molecular formula is C12H23NO2. The summed E-state index contributed by atoms with van der Waals surface area (Å²) in [5.74, 6) is 0.0319. The standard InChI is InChI=1S/C12H23NO2/c1-3-10(13)12(8-11(14)15)6-4-9(2)5-7-12/h9-10H,3-8,13H2,1-2H3,(H,14,15). The first-order chi connectivity index (χ1) is 7.00. The maximum absolute atomic E-state index is 10.9. The van der Waals surface area contributed by atoms with Gasteiger partial charge in [-0.2, -0.15) is 0 Å². The van der Waals surface area contributed by atoms with Gasteiger partial charge in [0.25, 0.3) is 0 Å². The molecule has 0 amide bonds. The third-order valence-electron chi connectivity index (χ3n) is 4.00. The maximum atomic E-state index is 10.9. The van der Waals surface area contributed by atoms with Gasteiger partial charge in [-0.3, -0.25) is 4.79 Å². The van der Waals surface area contributed by atoms with Crippen LogP contribution in [0.4, 0.5) is 0 Å². The summed E-state index contributed by atoms with van der Waals surface area (Å²) in [6.07, 6.45) is 5.34. The quantitative estimate of drug-likeness (QED) is 0.753. The molecule has 3 N–H and O–H groups in total. The molecule has 0 radical (unpaired) electrons. The Morgan fingerprint density at radius 2 is 2.07 bits per heavy atom. The van der Waals surface area contributed by atoms with Gasteiger partial charge < -0.3 is 10.8 Å². The summed E-state index contributed by atoms with van der Waals surface area (Å²) in [6, 6.07) is 0.0427. The minimum absolute atomic E-state index is 0.0427. The highest BCUT2D eigenvalue weighted by molar-refractivity contribution is 5.67. The van der Waals surface area contributed by atoms with E-state index in [1.807, 2.05) is 6.92 Å². The van der Waals surface area contributed by atoms with Crippen molar-refractivity contribution in [2.75, 3.05) is 0 Å². The van der Waals surface area contributed by atoms with Gasteiger partial charge in [0, 0.05) is 6.04 Å². The van der Waals surface area contributed by atoms with Crippen LogP contribution in [0.15, 0.2) is 0 Å². The number of carbonyl (C=O) groups is 1. The fourth-order valence-electron chi connectivity index (χ4n) is 2.75. The number of carboxylic acid groups (broad SMARTS) is 1. The van der Waals surface area contributed by atoms with E-state index in [-0.39, 0.29) is 17.9 Å². The number of nitrogens with two attached hydrogens (primary N) is 1. The van der Waals surface area contributed by atoms with Gasteiger partial charge >= 0.3 is 5.97 Å². The van der Waals surface area contributed by atoms with Crippen molar-refractivity contribution >= 4 is 5.97 Å². The molecule has 1 atom stereocenters. The van der Waals surface area contributed by atoms with E-state index in [1.54, 1.807) is 0 Å². The van der Waals surface area contributed by atoms with Crippen LogP contribution in [-0.2, 0) is 4.79 Å². The molecule has 0 heterocycles. The van der Waals surface area contributed by atoms with Gasteiger partial charge in [0.1, 0.15) is 0 Å². The Balaban J connectivity index is 2.72. The Hall–Kier alpha value is -0.570. The summed E-state index contributed by atoms with van der Waals surface area (Å²) >= 11 is 0. The Kier molecular flexibility index (Phi) is 4.14. The smallest absolute Gasteiger partial charge is 0.303 e. The Morgan fingerprint density at radius 3 is 2.47 bits per heavy atom. The zero-order valence-electron chi connectivity index (χ0n) is 9.83. The van der Waals surface area contributed by atoms with Crippen LogP contribution < -0.4 is 5.73 Å². The number of hydrogen-bond donors (Lipinski definition) is 2. The average molecular weight is 213 g/mol. The molecular weight excluding hydrogens is 190 g/mol. The van der Waals surface area contributed by atoms with Crippen LogP contribution in [0.1, 0.15) is 52.4 Å². The van der Waals surface area contributed by atoms with Crippen LogP contribution >= 0.6 is 0 Å². The first-order valence-corrected chi connectivity index (χ1v) is 5.97. The van der Waals surface area contributed by atoms with E-state index in [0.717, 1.165) is 38.0 Å². The van der Waals surface area contributed by atoms with Crippen LogP contribution in [0, 0.1) is 11.3 Å². The van der Waals surface area contributed by atoms with Crippen LogP contribution in [0.3, 0.4) is 0 Å². The minimum atomic E-state index is -0.701. The summed E-state index contributed by atoms with van der Waals surface area (Å²) < 4.78 is 0. The van der Waals surface area contributed by atoms with E-state index >= 15 is 0 Å². The molecule has 1 unspecified atom stereocenters. The fourth-order valence-corrected chi connectivity index (χ4v) is 2.75. The number of aliphatic carboxylic acids is 1. The largest absolute Gasteiger partial charge is 0.481 e. The van der Waals surface area contributed by atoms with E-state index in [0.29, 0.717) is 0 Å². The van der Waals surface area contributed by atoms with Crippen LogP contribution in [0.2, 0.25) is 0 Å². The van der Waals surface area contributed by atoms with Crippen LogP contribution in [0.5, 0.6) is 0 Å².